The Hall–Kier alpha value is -3.39. The van der Waals surface area contributed by atoms with Gasteiger partial charge in [0.15, 0.2) is 0 Å². The molecule has 0 fully saturated rings. The molecule has 0 radical (unpaired) electrons. The molecular weight excluding hydrogens is 288 g/mol. The number of benzene rings is 2. The van der Waals surface area contributed by atoms with Gasteiger partial charge >= 0.3 is 0 Å². The molecule has 23 heavy (non-hydrogen) atoms. The number of pyridine rings is 1. The summed E-state index contributed by atoms with van der Waals surface area (Å²) in [5.41, 5.74) is 3.14. The molecule has 0 aliphatic heterocycles. The van der Waals surface area contributed by atoms with Gasteiger partial charge in [-0.15, -0.1) is 0 Å². The fraction of sp³-hybridized carbons (Fsp3) is 0.0556. The zero-order chi connectivity index (χ0) is 16.0. The second-order valence-electron chi connectivity index (χ2n) is 5.38. The third-order valence-electron chi connectivity index (χ3n) is 3.97. The summed E-state index contributed by atoms with van der Waals surface area (Å²) < 4.78 is 1.85. The van der Waals surface area contributed by atoms with Crippen LogP contribution < -0.4 is 5.56 Å². The summed E-state index contributed by atoms with van der Waals surface area (Å²) in [4.78, 5) is 14.6. The van der Waals surface area contributed by atoms with E-state index in [1.165, 1.54) is 0 Å². The number of aromatic nitrogens is 3. The van der Waals surface area contributed by atoms with Crippen molar-refractivity contribution in [2.45, 2.75) is 6.92 Å². The first-order valence-electron chi connectivity index (χ1n) is 7.20. The molecule has 2 aromatic heterocycles. The molecule has 2 aromatic carbocycles. The van der Waals surface area contributed by atoms with Gasteiger partial charge in [0.05, 0.1) is 22.4 Å². The lowest BCUT2D eigenvalue weighted by Crippen LogP contribution is -2.09. The maximum atomic E-state index is 11.9. The molecule has 110 valence electrons. The van der Waals surface area contributed by atoms with Crippen molar-refractivity contribution in [3.05, 3.63) is 70.1 Å². The monoisotopic (exact) mass is 300 g/mol. The molecule has 0 amide bonds. The average Bonchev–Trinajstić information content (AvgIpc) is 2.92. The lowest BCUT2D eigenvalue weighted by atomic mass is 10.1. The van der Waals surface area contributed by atoms with Crippen LogP contribution in [0.25, 0.3) is 27.5 Å². The zero-order valence-corrected chi connectivity index (χ0v) is 12.4. The fourth-order valence-electron chi connectivity index (χ4n) is 2.88. The van der Waals surface area contributed by atoms with Crippen LogP contribution >= 0.6 is 0 Å². The SMILES string of the molecule is Cc1nn(-c2ccccc2)c2c1ccc1[nH]c(=O)c(C#N)cc12. The van der Waals surface area contributed by atoms with Crippen LogP contribution in [0.5, 0.6) is 0 Å². The minimum Gasteiger partial charge on any atom is -0.321 e. The lowest BCUT2D eigenvalue weighted by molar-refractivity contribution is 0.891. The van der Waals surface area contributed by atoms with E-state index in [9.17, 15) is 4.79 Å². The number of nitrogens with zero attached hydrogens (tertiary/aromatic N) is 3. The largest absolute Gasteiger partial charge is 0.321 e. The van der Waals surface area contributed by atoms with Gasteiger partial charge in [-0.25, -0.2) is 4.68 Å². The number of nitriles is 1. The van der Waals surface area contributed by atoms with Gasteiger partial charge in [0, 0.05) is 10.8 Å². The Bertz CT molecular complexity index is 1150. The van der Waals surface area contributed by atoms with E-state index in [2.05, 4.69) is 10.1 Å². The quantitative estimate of drug-likeness (QED) is 0.587. The zero-order valence-electron chi connectivity index (χ0n) is 12.4. The van der Waals surface area contributed by atoms with Crippen molar-refractivity contribution in [3.8, 4) is 11.8 Å². The molecule has 0 bridgehead atoms. The Labute approximate surface area is 131 Å². The van der Waals surface area contributed by atoms with Crippen molar-refractivity contribution in [1.29, 1.82) is 5.26 Å². The second kappa shape index (κ2) is 4.82. The molecular formula is C18H12N4O. The molecule has 5 nitrogen and oxygen atoms in total. The van der Waals surface area contributed by atoms with E-state index < -0.39 is 0 Å². The third-order valence-corrected chi connectivity index (χ3v) is 3.97. The van der Waals surface area contributed by atoms with E-state index >= 15 is 0 Å². The van der Waals surface area contributed by atoms with Gasteiger partial charge < -0.3 is 4.98 Å². The van der Waals surface area contributed by atoms with Gasteiger partial charge in [-0.1, -0.05) is 18.2 Å². The number of rotatable bonds is 1. The first kappa shape index (κ1) is 13.3. The number of aromatic amines is 1. The Morgan fingerprint density at radius 3 is 2.65 bits per heavy atom. The third kappa shape index (κ3) is 1.93. The summed E-state index contributed by atoms with van der Waals surface area (Å²) >= 11 is 0. The van der Waals surface area contributed by atoms with Crippen LogP contribution in [0.4, 0.5) is 0 Å². The predicted molar refractivity (Wildman–Crippen MR) is 88.6 cm³/mol. The number of aryl methyl sites for hydroxylation is 1. The van der Waals surface area contributed by atoms with Gasteiger partial charge in [-0.3, -0.25) is 4.79 Å². The molecule has 0 aliphatic carbocycles. The first-order chi connectivity index (χ1) is 11.2. The van der Waals surface area contributed by atoms with Gasteiger partial charge in [0.2, 0.25) is 0 Å². The molecule has 0 spiro atoms. The number of fused-ring (bicyclic) bond motifs is 3. The van der Waals surface area contributed by atoms with E-state index in [0.717, 1.165) is 27.7 Å². The highest BCUT2D eigenvalue weighted by Gasteiger charge is 2.14. The van der Waals surface area contributed by atoms with Gasteiger partial charge in [-0.2, -0.15) is 10.4 Å². The maximum absolute atomic E-state index is 11.9. The minimum atomic E-state index is -0.373. The highest BCUT2D eigenvalue weighted by Crippen LogP contribution is 2.28. The van der Waals surface area contributed by atoms with Crippen molar-refractivity contribution in [2.24, 2.45) is 0 Å². The number of nitrogens with one attached hydrogen (secondary N) is 1. The van der Waals surface area contributed by atoms with Crippen LogP contribution in [0.1, 0.15) is 11.3 Å². The van der Waals surface area contributed by atoms with Crippen LogP contribution in [0.15, 0.2) is 53.3 Å². The van der Waals surface area contributed by atoms with Gasteiger partial charge in [0.1, 0.15) is 11.6 Å². The van der Waals surface area contributed by atoms with Crippen LogP contribution in [-0.2, 0) is 0 Å². The Morgan fingerprint density at radius 2 is 1.91 bits per heavy atom. The van der Waals surface area contributed by atoms with Crippen LogP contribution in [0, 0.1) is 18.3 Å². The molecule has 0 saturated heterocycles. The minimum absolute atomic E-state index is 0.100. The first-order valence-corrected chi connectivity index (χ1v) is 7.20. The van der Waals surface area contributed by atoms with Crippen molar-refractivity contribution >= 4 is 21.8 Å². The second-order valence-corrected chi connectivity index (χ2v) is 5.38. The van der Waals surface area contributed by atoms with Crippen molar-refractivity contribution in [2.75, 3.05) is 0 Å². The Kier molecular flexibility index (Phi) is 2.78. The van der Waals surface area contributed by atoms with E-state index in [1.807, 2.05) is 60.1 Å². The normalized spacial score (nSPS) is 11.0. The smallest absolute Gasteiger partial charge is 0.266 e. The van der Waals surface area contributed by atoms with E-state index in [1.54, 1.807) is 6.07 Å². The molecule has 0 atom stereocenters. The Balaban J connectivity index is 2.21. The summed E-state index contributed by atoms with van der Waals surface area (Å²) in [6, 6.07) is 17.2. The average molecular weight is 300 g/mol. The van der Waals surface area contributed by atoms with Crippen molar-refractivity contribution in [3.63, 3.8) is 0 Å². The van der Waals surface area contributed by atoms with Crippen molar-refractivity contribution in [1.82, 2.24) is 14.8 Å². The Morgan fingerprint density at radius 1 is 1.13 bits per heavy atom. The fourth-order valence-corrected chi connectivity index (χ4v) is 2.88. The van der Waals surface area contributed by atoms with E-state index in [4.69, 9.17) is 5.26 Å². The number of hydrogen-bond donors (Lipinski definition) is 1. The number of hydrogen-bond acceptors (Lipinski definition) is 3. The van der Waals surface area contributed by atoms with Crippen LogP contribution in [0.2, 0.25) is 0 Å². The maximum Gasteiger partial charge on any atom is 0.266 e. The molecule has 0 aliphatic rings. The number of para-hydroxylation sites is 1. The topological polar surface area (TPSA) is 74.5 Å². The summed E-state index contributed by atoms with van der Waals surface area (Å²) in [6.07, 6.45) is 0. The molecule has 0 saturated carbocycles. The summed E-state index contributed by atoms with van der Waals surface area (Å²) in [5.74, 6) is 0. The summed E-state index contributed by atoms with van der Waals surface area (Å²) in [6.45, 7) is 1.95. The lowest BCUT2D eigenvalue weighted by Gasteiger charge is -2.06. The number of H-pyrrole nitrogens is 1. The van der Waals surface area contributed by atoms with Crippen molar-refractivity contribution < 1.29 is 0 Å². The van der Waals surface area contributed by atoms with Crippen LogP contribution in [0.3, 0.4) is 0 Å². The van der Waals surface area contributed by atoms with Gasteiger partial charge in [-0.05, 0) is 37.3 Å². The molecule has 0 unspecified atom stereocenters. The molecule has 2 heterocycles. The summed E-state index contributed by atoms with van der Waals surface area (Å²) in [5, 5.41) is 15.6. The molecule has 5 heteroatoms. The summed E-state index contributed by atoms with van der Waals surface area (Å²) in [7, 11) is 0. The molecule has 4 aromatic rings. The predicted octanol–water partition coefficient (Wildman–Crippen LogP) is 3.05. The molecule has 1 N–H and O–H groups in total. The standard InChI is InChI=1S/C18H12N4O/c1-11-14-7-8-16-15(9-12(10-19)18(23)20-16)17(14)22(21-11)13-5-3-2-4-6-13/h2-9H,1H3,(H,20,23). The van der Waals surface area contributed by atoms with Gasteiger partial charge in [0.25, 0.3) is 5.56 Å². The van der Waals surface area contributed by atoms with Crippen LogP contribution in [-0.4, -0.2) is 14.8 Å². The highest BCUT2D eigenvalue weighted by atomic mass is 16.1. The van der Waals surface area contributed by atoms with E-state index in [0.29, 0.717) is 5.52 Å². The van der Waals surface area contributed by atoms with E-state index in [-0.39, 0.29) is 11.1 Å². The molecule has 4 rings (SSSR count). The highest BCUT2D eigenvalue weighted by molar-refractivity contribution is 6.06.